The fourth-order valence-corrected chi connectivity index (χ4v) is 5.69. The van der Waals surface area contributed by atoms with Crippen LogP contribution < -0.4 is 5.32 Å². The lowest BCUT2D eigenvalue weighted by molar-refractivity contribution is -0.134. The Balaban J connectivity index is 1.42. The van der Waals surface area contributed by atoms with Gasteiger partial charge in [-0.1, -0.05) is 48.5 Å². The summed E-state index contributed by atoms with van der Waals surface area (Å²) in [6.45, 7) is 0.575. The van der Waals surface area contributed by atoms with Crippen LogP contribution in [0.1, 0.15) is 35.4 Å². The SMILES string of the molecule is O=C1CCC(c2ccc3c(c2)CN(S(=O)(=O)c2ccc4ccccc4c2)C3)C(=O)N1. The second-order valence-electron chi connectivity index (χ2n) is 7.81. The number of sulfonamides is 1. The van der Waals surface area contributed by atoms with Crippen LogP contribution in [-0.2, 0) is 32.7 Å². The highest BCUT2D eigenvalue weighted by atomic mass is 32.2. The number of fused-ring (bicyclic) bond motifs is 2. The molecule has 5 rings (SSSR count). The summed E-state index contributed by atoms with van der Waals surface area (Å²) in [6, 6.07) is 18.5. The average molecular weight is 420 g/mol. The monoisotopic (exact) mass is 420 g/mol. The second-order valence-corrected chi connectivity index (χ2v) is 9.75. The van der Waals surface area contributed by atoms with E-state index < -0.39 is 10.0 Å². The standard InChI is InChI=1S/C23H20N2O4S/c26-22-10-9-21(23(27)24-22)17-5-6-18-13-25(14-19(18)11-17)30(28,29)20-8-7-15-3-1-2-4-16(15)12-20/h1-8,11-12,21H,9-10,13-14H2,(H,24,26,27). The number of nitrogens with one attached hydrogen (secondary N) is 1. The molecule has 0 radical (unpaired) electrons. The third-order valence-corrected chi connectivity index (χ3v) is 7.71. The molecular weight excluding hydrogens is 400 g/mol. The van der Waals surface area contributed by atoms with Gasteiger partial charge < -0.3 is 0 Å². The van der Waals surface area contributed by atoms with Gasteiger partial charge in [-0.3, -0.25) is 14.9 Å². The lowest BCUT2D eigenvalue weighted by atomic mass is 9.89. The van der Waals surface area contributed by atoms with E-state index in [2.05, 4.69) is 5.32 Å². The van der Waals surface area contributed by atoms with E-state index in [-0.39, 0.29) is 29.2 Å². The number of rotatable bonds is 3. The third kappa shape index (κ3) is 3.20. The number of imide groups is 1. The summed E-state index contributed by atoms with van der Waals surface area (Å²) in [7, 11) is -3.64. The molecule has 30 heavy (non-hydrogen) atoms. The molecular formula is C23H20N2O4S. The van der Waals surface area contributed by atoms with E-state index in [9.17, 15) is 18.0 Å². The molecule has 3 aromatic rings. The minimum Gasteiger partial charge on any atom is -0.296 e. The van der Waals surface area contributed by atoms with Crippen LogP contribution in [0.3, 0.4) is 0 Å². The van der Waals surface area contributed by atoms with Gasteiger partial charge in [-0.05, 0) is 46.0 Å². The number of carbonyl (C=O) groups excluding carboxylic acids is 2. The van der Waals surface area contributed by atoms with Crippen molar-refractivity contribution in [2.45, 2.75) is 36.7 Å². The Morgan fingerprint density at radius 3 is 2.43 bits per heavy atom. The van der Waals surface area contributed by atoms with Crippen LogP contribution in [0.25, 0.3) is 10.8 Å². The summed E-state index contributed by atoms with van der Waals surface area (Å²) >= 11 is 0. The summed E-state index contributed by atoms with van der Waals surface area (Å²) < 4.78 is 28.0. The van der Waals surface area contributed by atoms with Crippen molar-refractivity contribution in [3.8, 4) is 0 Å². The topological polar surface area (TPSA) is 83.6 Å². The van der Waals surface area contributed by atoms with Gasteiger partial charge in [-0.15, -0.1) is 0 Å². The minimum absolute atomic E-state index is 0.245. The van der Waals surface area contributed by atoms with Crippen molar-refractivity contribution in [3.63, 3.8) is 0 Å². The zero-order chi connectivity index (χ0) is 20.9. The van der Waals surface area contributed by atoms with Crippen molar-refractivity contribution in [3.05, 3.63) is 77.4 Å². The van der Waals surface area contributed by atoms with E-state index in [0.717, 1.165) is 27.5 Å². The molecule has 2 aliphatic rings. The van der Waals surface area contributed by atoms with Gasteiger partial charge in [0.25, 0.3) is 0 Å². The molecule has 0 aromatic heterocycles. The van der Waals surface area contributed by atoms with Crippen molar-refractivity contribution in [2.75, 3.05) is 0 Å². The number of carbonyl (C=O) groups is 2. The number of benzene rings is 3. The van der Waals surface area contributed by atoms with Crippen LogP contribution in [0.5, 0.6) is 0 Å². The quantitative estimate of drug-likeness (QED) is 0.660. The zero-order valence-electron chi connectivity index (χ0n) is 16.2. The summed E-state index contributed by atoms with van der Waals surface area (Å²) in [6.07, 6.45) is 0.790. The maximum Gasteiger partial charge on any atom is 0.243 e. The van der Waals surface area contributed by atoms with Crippen molar-refractivity contribution >= 4 is 32.6 Å². The molecule has 6 nitrogen and oxygen atoms in total. The Bertz CT molecular complexity index is 1300. The predicted molar refractivity (Wildman–Crippen MR) is 112 cm³/mol. The van der Waals surface area contributed by atoms with Crippen LogP contribution in [-0.4, -0.2) is 24.5 Å². The van der Waals surface area contributed by atoms with E-state index >= 15 is 0 Å². The smallest absolute Gasteiger partial charge is 0.243 e. The molecule has 0 aliphatic carbocycles. The number of nitrogens with zero attached hydrogens (tertiary/aromatic N) is 1. The first-order chi connectivity index (χ1) is 14.4. The first kappa shape index (κ1) is 19.0. The molecule has 0 saturated carbocycles. The number of hydrogen-bond acceptors (Lipinski definition) is 4. The Hall–Kier alpha value is -3.03. The molecule has 0 bridgehead atoms. The minimum atomic E-state index is -3.64. The number of amides is 2. The van der Waals surface area contributed by atoms with Crippen LogP contribution in [0.2, 0.25) is 0 Å². The zero-order valence-corrected chi connectivity index (χ0v) is 17.0. The lowest BCUT2D eigenvalue weighted by Crippen LogP contribution is -2.39. The third-order valence-electron chi connectivity index (χ3n) is 5.92. The molecule has 2 heterocycles. The Morgan fingerprint density at radius 1 is 0.867 bits per heavy atom. The second kappa shape index (κ2) is 7.04. The molecule has 1 N–H and O–H groups in total. The van der Waals surface area contributed by atoms with Crippen molar-refractivity contribution < 1.29 is 18.0 Å². The summed E-state index contributed by atoms with van der Waals surface area (Å²) in [5.41, 5.74) is 2.67. The van der Waals surface area contributed by atoms with Gasteiger partial charge in [-0.25, -0.2) is 8.42 Å². The number of piperidine rings is 1. The van der Waals surface area contributed by atoms with Crippen molar-refractivity contribution in [1.82, 2.24) is 9.62 Å². The van der Waals surface area contributed by atoms with Crippen molar-refractivity contribution in [2.24, 2.45) is 0 Å². The molecule has 1 saturated heterocycles. The van der Waals surface area contributed by atoms with Gasteiger partial charge in [0.2, 0.25) is 21.8 Å². The average Bonchev–Trinajstić information content (AvgIpc) is 3.17. The Morgan fingerprint density at radius 2 is 1.63 bits per heavy atom. The highest BCUT2D eigenvalue weighted by Crippen LogP contribution is 2.33. The van der Waals surface area contributed by atoms with Crippen molar-refractivity contribution in [1.29, 1.82) is 0 Å². The van der Waals surface area contributed by atoms with Gasteiger partial charge >= 0.3 is 0 Å². The Labute approximate surface area is 174 Å². The summed E-state index contributed by atoms with van der Waals surface area (Å²) in [4.78, 5) is 23.9. The van der Waals surface area contributed by atoms with E-state index in [1.165, 1.54) is 4.31 Å². The van der Waals surface area contributed by atoms with Crippen LogP contribution in [0.15, 0.2) is 65.6 Å². The molecule has 152 valence electrons. The highest BCUT2D eigenvalue weighted by Gasteiger charge is 2.33. The molecule has 3 aromatic carbocycles. The van der Waals surface area contributed by atoms with Gasteiger partial charge in [0.1, 0.15) is 0 Å². The van der Waals surface area contributed by atoms with Crippen LogP contribution in [0.4, 0.5) is 0 Å². The molecule has 1 fully saturated rings. The van der Waals surface area contributed by atoms with Gasteiger partial charge in [0, 0.05) is 19.5 Å². The van der Waals surface area contributed by atoms with E-state index in [1.807, 2.05) is 48.5 Å². The van der Waals surface area contributed by atoms with E-state index in [1.54, 1.807) is 12.1 Å². The molecule has 2 amide bonds. The van der Waals surface area contributed by atoms with Gasteiger partial charge in [0.15, 0.2) is 0 Å². The summed E-state index contributed by atoms with van der Waals surface area (Å²) in [5, 5.41) is 4.26. The molecule has 1 atom stereocenters. The first-order valence-electron chi connectivity index (χ1n) is 9.86. The van der Waals surface area contributed by atoms with Crippen LogP contribution >= 0.6 is 0 Å². The fourth-order valence-electron chi connectivity index (χ4n) is 4.26. The maximum absolute atomic E-state index is 13.2. The van der Waals surface area contributed by atoms with E-state index in [4.69, 9.17) is 0 Å². The molecule has 0 spiro atoms. The summed E-state index contributed by atoms with van der Waals surface area (Å²) in [5.74, 6) is -0.908. The van der Waals surface area contributed by atoms with E-state index in [0.29, 0.717) is 19.4 Å². The number of hydrogen-bond donors (Lipinski definition) is 1. The first-order valence-corrected chi connectivity index (χ1v) is 11.3. The normalized spacial score (nSPS) is 19.7. The Kier molecular flexibility index (Phi) is 4.45. The maximum atomic E-state index is 13.2. The predicted octanol–water partition coefficient (Wildman–Crippen LogP) is 3.06. The van der Waals surface area contributed by atoms with Crippen LogP contribution in [0, 0.1) is 0 Å². The highest BCUT2D eigenvalue weighted by molar-refractivity contribution is 7.89. The van der Waals surface area contributed by atoms with Gasteiger partial charge in [0.05, 0.1) is 10.8 Å². The molecule has 7 heteroatoms. The fraction of sp³-hybridized carbons (Fsp3) is 0.217. The molecule has 1 unspecified atom stereocenters. The lowest BCUT2D eigenvalue weighted by Gasteiger charge is -2.21. The molecule has 2 aliphatic heterocycles. The van der Waals surface area contributed by atoms with Gasteiger partial charge in [-0.2, -0.15) is 4.31 Å². The largest absolute Gasteiger partial charge is 0.296 e.